The molecule has 0 aliphatic heterocycles. The lowest BCUT2D eigenvalue weighted by molar-refractivity contribution is -0.139. The summed E-state index contributed by atoms with van der Waals surface area (Å²) >= 11 is 0. The molecule has 0 atom stereocenters. The Bertz CT molecular complexity index is 668. The Kier molecular flexibility index (Phi) is 10.3. The van der Waals surface area contributed by atoms with E-state index in [2.05, 4.69) is 13.2 Å². The second-order valence-corrected chi connectivity index (χ2v) is 6.73. The minimum Gasteiger partial charge on any atom is -0.460 e. The Morgan fingerprint density at radius 2 is 1.44 bits per heavy atom. The zero-order valence-electron chi connectivity index (χ0n) is 15.1. The first-order valence-corrected chi connectivity index (χ1v) is 9.53. The van der Waals surface area contributed by atoms with Gasteiger partial charge in [-0.25, -0.2) is 14.2 Å². The van der Waals surface area contributed by atoms with Crippen LogP contribution in [0.1, 0.15) is 11.1 Å². The van der Waals surface area contributed by atoms with Gasteiger partial charge in [0, 0.05) is 12.2 Å². The van der Waals surface area contributed by atoms with Gasteiger partial charge < -0.3 is 9.47 Å². The summed E-state index contributed by atoms with van der Waals surface area (Å²) in [6, 6.07) is 7.39. The molecule has 0 amide bonds. The van der Waals surface area contributed by atoms with Crippen LogP contribution in [0.25, 0.3) is 0 Å². The zero-order valence-corrected chi connectivity index (χ0v) is 16.0. The molecule has 0 heterocycles. The smallest absolute Gasteiger partial charge is 0.460 e. The van der Waals surface area contributed by atoms with Gasteiger partial charge in [0.05, 0.1) is 19.8 Å². The third kappa shape index (κ3) is 9.30. The molecule has 0 bridgehead atoms. The first kappa shape index (κ1) is 22.8. The first-order valence-electron chi connectivity index (χ1n) is 8.06. The highest BCUT2D eigenvalue weighted by molar-refractivity contribution is 7.48. The molecule has 0 saturated heterocycles. The fourth-order valence-corrected chi connectivity index (χ4v) is 2.85. The summed E-state index contributed by atoms with van der Waals surface area (Å²) in [4.78, 5) is 22.0. The molecule has 0 N–H and O–H groups in total. The van der Waals surface area contributed by atoms with E-state index in [0.717, 1.165) is 23.3 Å². The van der Waals surface area contributed by atoms with Crippen LogP contribution in [0.15, 0.2) is 49.6 Å². The molecule has 0 aliphatic carbocycles. The number of ether oxygens (including phenoxy) is 2. The van der Waals surface area contributed by atoms with Gasteiger partial charge in [-0.1, -0.05) is 37.4 Å². The maximum Gasteiger partial charge on any atom is 0.475 e. The van der Waals surface area contributed by atoms with E-state index in [1.54, 1.807) is 0 Å². The lowest BCUT2D eigenvalue weighted by Crippen LogP contribution is -2.12. The number of carbonyl (C=O) groups excluding carboxylic acids is 2. The third-order valence-electron chi connectivity index (χ3n) is 3.13. The Balaban J connectivity index is 2.60. The second kappa shape index (κ2) is 12.2. The minimum absolute atomic E-state index is 0.0111. The molecule has 9 heteroatoms. The average Bonchev–Trinajstić information content (AvgIpc) is 2.67. The van der Waals surface area contributed by atoms with Gasteiger partial charge in [-0.2, -0.15) is 0 Å². The molecule has 148 valence electrons. The van der Waals surface area contributed by atoms with Gasteiger partial charge in [-0.3, -0.25) is 13.6 Å². The van der Waals surface area contributed by atoms with Crippen LogP contribution in [0, 0.1) is 6.92 Å². The molecule has 0 radical (unpaired) electrons. The van der Waals surface area contributed by atoms with E-state index in [-0.39, 0.29) is 33.0 Å². The molecule has 8 nitrogen and oxygen atoms in total. The number of rotatable bonds is 13. The number of benzene rings is 1. The molecule has 0 unspecified atom stereocenters. The Hall–Kier alpha value is -2.25. The van der Waals surface area contributed by atoms with Crippen LogP contribution in [-0.4, -0.2) is 38.4 Å². The van der Waals surface area contributed by atoms with Gasteiger partial charge in [0.2, 0.25) is 0 Å². The number of hydrogen-bond acceptors (Lipinski definition) is 8. The van der Waals surface area contributed by atoms with Crippen LogP contribution < -0.4 is 0 Å². The second-order valence-electron chi connectivity index (χ2n) is 5.06. The highest BCUT2D eigenvalue weighted by atomic mass is 31.2. The summed E-state index contributed by atoms with van der Waals surface area (Å²) in [6.07, 6.45) is 2.00. The molecular weight excluding hydrogens is 375 g/mol. The van der Waals surface area contributed by atoms with Gasteiger partial charge in [0.15, 0.2) is 0 Å². The van der Waals surface area contributed by atoms with Crippen LogP contribution in [0.3, 0.4) is 0 Å². The van der Waals surface area contributed by atoms with Crippen molar-refractivity contribution in [2.75, 3.05) is 26.4 Å². The lowest BCUT2D eigenvalue weighted by atomic mass is 10.1. The van der Waals surface area contributed by atoms with Crippen molar-refractivity contribution >= 4 is 19.8 Å². The number of phosphoric ester groups is 1. The maximum absolute atomic E-state index is 12.7. The van der Waals surface area contributed by atoms with E-state index in [4.69, 9.17) is 23.0 Å². The predicted octanol–water partition coefficient (Wildman–Crippen LogP) is 3.11. The van der Waals surface area contributed by atoms with Gasteiger partial charge in [-0.05, 0) is 18.1 Å². The van der Waals surface area contributed by atoms with Crippen LogP contribution in [-0.2, 0) is 43.8 Å². The van der Waals surface area contributed by atoms with Crippen molar-refractivity contribution in [2.45, 2.75) is 13.5 Å². The van der Waals surface area contributed by atoms with Crippen molar-refractivity contribution in [3.8, 4) is 0 Å². The summed E-state index contributed by atoms with van der Waals surface area (Å²) in [5.41, 5.74) is 1.75. The molecule has 0 spiro atoms. The molecule has 0 aliphatic rings. The summed E-state index contributed by atoms with van der Waals surface area (Å²) < 4.78 is 37.9. The van der Waals surface area contributed by atoms with Gasteiger partial charge in [0.25, 0.3) is 0 Å². The molecule has 1 aromatic carbocycles. The average molecular weight is 398 g/mol. The standard InChI is InChI=1S/C18H23O8P/c1-4-17(19)22-10-12-24-27(21,25-13-11-23-18(20)5-2)26-14-16-9-7-6-8-15(16)3/h4-9H,1-2,10-14H2,3H3. The van der Waals surface area contributed by atoms with E-state index in [1.807, 2.05) is 31.2 Å². The topological polar surface area (TPSA) is 97.4 Å². The van der Waals surface area contributed by atoms with E-state index in [9.17, 15) is 14.2 Å². The van der Waals surface area contributed by atoms with Gasteiger partial charge in [0.1, 0.15) is 13.2 Å². The quantitative estimate of drug-likeness (QED) is 0.216. The largest absolute Gasteiger partial charge is 0.475 e. The molecule has 27 heavy (non-hydrogen) atoms. The van der Waals surface area contributed by atoms with Crippen molar-refractivity contribution in [3.05, 3.63) is 60.7 Å². The van der Waals surface area contributed by atoms with Crippen molar-refractivity contribution in [1.82, 2.24) is 0 Å². The molecule has 1 rings (SSSR count). The van der Waals surface area contributed by atoms with E-state index < -0.39 is 19.8 Å². The van der Waals surface area contributed by atoms with Crippen LogP contribution in [0.2, 0.25) is 0 Å². The fourth-order valence-electron chi connectivity index (χ4n) is 1.73. The SMILES string of the molecule is C=CC(=O)OCCOP(=O)(OCCOC(=O)C=C)OCc1ccccc1C. The number of hydrogen-bond donors (Lipinski definition) is 0. The normalized spacial score (nSPS) is 10.9. The monoisotopic (exact) mass is 398 g/mol. The highest BCUT2D eigenvalue weighted by Gasteiger charge is 2.27. The van der Waals surface area contributed by atoms with Crippen LogP contribution in [0.4, 0.5) is 0 Å². The molecule has 1 aromatic rings. The first-order chi connectivity index (χ1) is 12.9. The van der Waals surface area contributed by atoms with Crippen molar-refractivity contribution in [1.29, 1.82) is 0 Å². The number of aryl methyl sites for hydroxylation is 1. The van der Waals surface area contributed by atoms with Crippen molar-refractivity contribution in [2.24, 2.45) is 0 Å². The van der Waals surface area contributed by atoms with Gasteiger partial charge >= 0.3 is 19.8 Å². The summed E-state index contributed by atoms with van der Waals surface area (Å²) in [5.74, 6) is -1.27. The summed E-state index contributed by atoms with van der Waals surface area (Å²) in [5, 5.41) is 0. The molecular formula is C18H23O8P. The maximum atomic E-state index is 12.7. The summed E-state index contributed by atoms with van der Waals surface area (Å²) in [7, 11) is -3.98. The molecule has 0 fully saturated rings. The Morgan fingerprint density at radius 3 is 1.93 bits per heavy atom. The zero-order chi connectivity index (χ0) is 20.1. The third-order valence-corrected chi connectivity index (χ3v) is 4.57. The molecule has 0 saturated carbocycles. The van der Waals surface area contributed by atoms with E-state index >= 15 is 0 Å². The lowest BCUT2D eigenvalue weighted by Gasteiger charge is -2.18. The van der Waals surface area contributed by atoms with E-state index in [1.165, 1.54) is 0 Å². The minimum atomic E-state index is -3.98. The number of carbonyl (C=O) groups is 2. The number of esters is 2. The van der Waals surface area contributed by atoms with Crippen LogP contribution in [0.5, 0.6) is 0 Å². The van der Waals surface area contributed by atoms with Gasteiger partial charge in [-0.15, -0.1) is 0 Å². The Morgan fingerprint density at radius 1 is 0.926 bits per heavy atom. The predicted molar refractivity (Wildman–Crippen MR) is 97.8 cm³/mol. The van der Waals surface area contributed by atoms with Crippen molar-refractivity contribution < 1.29 is 37.2 Å². The Labute approximate surface area is 158 Å². The fraction of sp³-hybridized carbons (Fsp3) is 0.333. The summed E-state index contributed by atoms with van der Waals surface area (Å²) in [6.45, 7) is 7.66. The highest BCUT2D eigenvalue weighted by Crippen LogP contribution is 2.50. The van der Waals surface area contributed by atoms with Crippen molar-refractivity contribution in [3.63, 3.8) is 0 Å². The number of phosphoric acid groups is 1. The van der Waals surface area contributed by atoms with E-state index in [0.29, 0.717) is 0 Å². The molecule has 0 aromatic heterocycles. The van der Waals surface area contributed by atoms with Crippen LogP contribution >= 0.6 is 7.82 Å².